The first-order valence-corrected chi connectivity index (χ1v) is 10.8. The molecule has 3 heterocycles. The van der Waals surface area contributed by atoms with Crippen molar-refractivity contribution >= 4 is 23.1 Å². The molecule has 3 aromatic rings. The molecule has 1 unspecified atom stereocenters. The van der Waals surface area contributed by atoms with E-state index in [1.165, 1.54) is 0 Å². The highest BCUT2D eigenvalue weighted by molar-refractivity contribution is 5.94. The number of carbonyl (C=O) groups is 1. The largest absolute Gasteiger partial charge is 0.478 e. The number of para-hydroxylation sites is 1. The molecular weight excluding hydrogens is 408 g/mol. The van der Waals surface area contributed by atoms with E-state index in [9.17, 15) is 14.7 Å². The predicted octanol–water partition coefficient (Wildman–Crippen LogP) is 3.63. The number of fused-ring (bicyclic) bond motifs is 1. The molecule has 1 saturated heterocycles. The molecule has 2 aromatic heterocycles. The van der Waals surface area contributed by atoms with Crippen molar-refractivity contribution in [3.05, 3.63) is 69.1 Å². The lowest BCUT2D eigenvalue weighted by Gasteiger charge is -2.20. The molecule has 1 fully saturated rings. The van der Waals surface area contributed by atoms with Crippen molar-refractivity contribution in [3.8, 4) is 0 Å². The first kappa shape index (κ1) is 21.8. The molecule has 1 aliphatic rings. The fourth-order valence-electron chi connectivity index (χ4n) is 4.08. The Balaban J connectivity index is 1.73. The van der Waals surface area contributed by atoms with E-state index in [4.69, 9.17) is 9.72 Å². The first-order chi connectivity index (χ1) is 15.3. The maximum absolute atomic E-state index is 13.1. The highest BCUT2D eigenvalue weighted by Gasteiger charge is 2.20. The minimum Gasteiger partial charge on any atom is -0.478 e. The summed E-state index contributed by atoms with van der Waals surface area (Å²) in [5.41, 5.74) is 3.43. The number of hydrogen-bond acceptors (Lipinski definition) is 6. The van der Waals surface area contributed by atoms with Gasteiger partial charge in [-0.05, 0) is 51.0 Å². The molecule has 8 heteroatoms. The maximum Gasteiger partial charge on any atom is 0.337 e. The summed E-state index contributed by atoms with van der Waals surface area (Å²) < 4.78 is 7.01. The van der Waals surface area contributed by atoms with Crippen LogP contribution in [-0.2, 0) is 4.74 Å². The molecule has 1 aromatic carbocycles. The molecule has 168 valence electrons. The van der Waals surface area contributed by atoms with Crippen molar-refractivity contribution in [2.75, 3.05) is 30.4 Å². The number of nitrogens with zero attached hydrogens (tertiary/aromatic N) is 2. The van der Waals surface area contributed by atoms with Gasteiger partial charge in [-0.25, -0.2) is 9.78 Å². The Kier molecular flexibility index (Phi) is 6.14. The normalized spacial score (nSPS) is 16.8. The van der Waals surface area contributed by atoms with Crippen molar-refractivity contribution in [2.45, 2.75) is 33.2 Å². The number of anilines is 2. The average Bonchev–Trinajstić information content (AvgIpc) is 3.29. The number of carboxylic acids is 1. The van der Waals surface area contributed by atoms with Crippen LogP contribution >= 0.6 is 0 Å². The van der Waals surface area contributed by atoms with Crippen LogP contribution in [0.2, 0.25) is 0 Å². The first-order valence-electron chi connectivity index (χ1n) is 10.8. The van der Waals surface area contributed by atoms with Crippen LogP contribution in [0.1, 0.15) is 46.4 Å². The second-order valence-electron chi connectivity index (χ2n) is 8.38. The van der Waals surface area contributed by atoms with Crippen LogP contribution in [0.4, 0.5) is 11.5 Å². The van der Waals surface area contributed by atoms with Gasteiger partial charge in [0, 0.05) is 36.5 Å². The minimum absolute atomic E-state index is 0.122. The fourth-order valence-corrected chi connectivity index (χ4v) is 4.08. The van der Waals surface area contributed by atoms with Crippen molar-refractivity contribution in [1.29, 1.82) is 0 Å². The maximum atomic E-state index is 13.1. The van der Waals surface area contributed by atoms with E-state index in [1.54, 1.807) is 41.8 Å². The van der Waals surface area contributed by atoms with Gasteiger partial charge in [-0.1, -0.05) is 12.1 Å². The molecule has 4 rings (SSSR count). The van der Waals surface area contributed by atoms with Gasteiger partial charge >= 0.3 is 5.97 Å². The number of aromatic nitrogens is 2. The average molecular weight is 437 g/mol. The molecular formula is C24H28N4O4. The van der Waals surface area contributed by atoms with Crippen molar-refractivity contribution in [2.24, 2.45) is 5.92 Å². The molecule has 8 nitrogen and oxygen atoms in total. The van der Waals surface area contributed by atoms with E-state index in [0.29, 0.717) is 41.8 Å². The van der Waals surface area contributed by atoms with Crippen LogP contribution in [-0.4, -0.2) is 40.2 Å². The van der Waals surface area contributed by atoms with Gasteiger partial charge in [-0.15, -0.1) is 0 Å². The highest BCUT2D eigenvalue weighted by atomic mass is 16.5. The Bertz CT molecular complexity index is 1210. The van der Waals surface area contributed by atoms with Gasteiger partial charge in [0.2, 0.25) is 0 Å². The summed E-state index contributed by atoms with van der Waals surface area (Å²) in [6.45, 7) is 7.82. The lowest BCUT2D eigenvalue weighted by molar-refractivity contribution is 0.0698. The molecule has 32 heavy (non-hydrogen) atoms. The Morgan fingerprint density at radius 1 is 1.34 bits per heavy atom. The van der Waals surface area contributed by atoms with Crippen LogP contribution in [0.5, 0.6) is 0 Å². The molecule has 3 N–H and O–H groups in total. The number of aromatic carboxylic acids is 1. The molecule has 0 bridgehead atoms. The summed E-state index contributed by atoms with van der Waals surface area (Å²) in [7, 11) is 0. The monoisotopic (exact) mass is 436 g/mol. The second-order valence-corrected chi connectivity index (χ2v) is 8.38. The molecule has 0 aliphatic carbocycles. The Labute approximate surface area is 186 Å². The SMILES string of the molecule is Cc1cc([C@@H](C)Nc2ccccc2C(=O)O)c2nc(NCC3CCOC3)c(C)c(=O)n2c1. The lowest BCUT2D eigenvalue weighted by atomic mass is 10.1. The van der Waals surface area contributed by atoms with Crippen molar-refractivity contribution in [1.82, 2.24) is 9.38 Å². The third kappa shape index (κ3) is 4.31. The standard InChI is InChI=1S/C24H28N4O4/c1-14-10-19(16(3)26-20-7-5-4-6-18(20)24(30)31)22-27-21(15(2)23(29)28(22)12-14)25-11-17-8-9-32-13-17/h4-7,10,12,16-17,25-26H,8-9,11,13H2,1-3H3,(H,30,31)/t16-,17?/m1/s1. The predicted molar refractivity (Wildman–Crippen MR) is 124 cm³/mol. The summed E-state index contributed by atoms with van der Waals surface area (Å²) in [6.07, 6.45) is 2.78. The summed E-state index contributed by atoms with van der Waals surface area (Å²) in [5.74, 6) is -0.0212. The minimum atomic E-state index is -0.998. The summed E-state index contributed by atoms with van der Waals surface area (Å²) >= 11 is 0. The van der Waals surface area contributed by atoms with Gasteiger partial charge in [0.05, 0.1) is 23.8 Å². The van der Waals surface area contributed by atoms with Gasteiger partial charge < -0.3 is 20.5 Å². The van der Waals surface area contributed by atoms with Gasteiger partial charge in [0.15, 0.2) is 0 Å². The second kappa shape index (κ2) is 9.00. The van der Waals surface area contributed by atoms with E-state index in [0.717, 1.165) is 24.2 Å². The van der Waals surface area contributed by atoms with Gasteiger partial charge in [-0.2, -0.15) is 0 Å². The van der Waals surface area contributed by atoms with Gasteiger partial charge in [0.1, 0.15) is 11.5 Å². The Hall–Kier alpha value is -3.39. The fraction of sp³-hybridized carbons (Fsp3) is 0.375. The number of pyridine rings is 1. The van der Waals surface area contributed by atoms with Crippen LogP contribution in [0, 0.1) is 19.8 Å². The smallest absolute Gasteiger partial charge is 0.337 e. The van der Waals surface area contributed by atoms with Crippen molar-refractivity contribution < 1.29 is 14.6 Å². The van der Waals surface area contributed by atoms with Gasteiger partial charge in [-0.3, -0.25) is 9.20 Å². The Morgan fingerprint density at radius 3 is 2.84 bits per heavy atom. The van der Waals surface area contributed by atoms with E-state index < -0.39 is 5.97 Å². The van der Waals surface area contributed by atoms with E-state index in [-0.39, 0.29) is 17.2 Å². The van der Waals surface area contributed by atoms with Crippen LogP contribution < -0.4 is 16.2 Å². The van der Waals surface area contributed by atoms with Crippen LogP contribution in [0.15, 0.2) is 41.3 Å². The van der Waals surface area contributed by atoms with Gasteiger partial charge in [0.25, 0.3) is 5.56 Å². The number of rotatable bonds is 7. The third-order valence-corrected chi connectivity index (χ3v) is 5.89. The van der Waals surface area contributed by atoms with E-state index in [1.807, 2.05) is 19.9 Å². The number of aryl methyl sites for hydroxylation is 1. The number of ether oxygens (including phenoxy) is 1. The molecule has 0 saturated carbocycles. The molecule has 1 aliphatic heterocycles. The van der Waals surface area contributed by atoms with Crippen LogP contribution in [0.25, 0.3) is 5.65 Å². The number of benzene rings is 1. The third-order valence-electron chi connectivity index (χ3n) is 5.89. The van der Waals surface area contributed by atoms with Crippen molar-refractivity contribution in [3.63, 3.8) is 0 Å². The molecule has 2 atom stereocenters. The molecule has 0 radical (unpaired) electrons. The van der Waals surface area contributed by atoms with E-state index in [2.05, 4.69) is 10.6 Å². The quantitative estimate of drug-likeness (QED) is 0.519. The zero-order valence-electron chi connectivity index (χ0n) is 18.5. The lowest BCUT2D eigenvalue weighted by Crippen LogP contribution is -2.24. The number of hydrogen-bond donors (Lipinski definition) is 3. The summed E-state index contributed by atoms with van der Waals surface area (Å²) in [4.78, 5) is 29.5. The summed E-state index contributed by atoms with van der Waals surface area (Å²) in [6, 6.07) is 8.48. The highest BCUT2D eigenvalue weighted by Crippen LogP contribution is 2.26. The zero-order valence-corrected chi connectivity index (χ0v) is 18.5. The molecule has 0 amide bonds. The Morgan fingerprint density at radius 2 is 2.12 bits per heavy atom. The van der Waals surface area contributed by atoms with E-state index >= 15 is 0 Å². The van der Waals surface area contributed by atoms with Crippen LogP contribution in [0.3, 0.4) is 0 Å². The zero-order chi connectivity index (χ0) is 22.8. The summed E-state index contributed by atoms with van der Waals surface area (Å²) in [5, 5.41) is 16.1. The number of nitrogens with one attached hydrogen (secondary N) is 2. The number of carboxylic acid groups (broad SMARTS) is 1. The molecule has 0 spiro atoms. The topological polar surface area (TPSA) is 105 Å².